The van der Waals surface area contributed by atoms with E-state index in [-0.39, 0.29) is 0 Å². The molecular weight excluding hydrogens is 160 g/mol. The van der Waals surface area contributed by atoms with Crippen LogP contribution in [0.3, 0.4) is 0 Å². The maximum atomic E-state index is 5.09. The third-order valence-electron chi connectivity index (χ3n) is 1.46. The van der Waals surface area contributed by atoms with Crippen LogP contribution in [0.2, 0.25) is 0 Å². The fraction of sp³-hybridized carbons (Fsp3) is 0.857. The van der Waals surface area contributed by atoms with E-state index >= 15 is 0 Å². The predicted octanol–water partition coefficient (Wildman–Crippen LogP) is 1.06. The normalized spacial score (nSPS) is 12.3. The monoisotopic (exact) mass is 176 g/mol. The second-order valence-electron chi connectivity index (χ2n) is 2.51. The number of hydrogen-bond acceptors (Lipinski definition) is 2. The van der Waals surface area contributed by atoms with Gasteiger partial charge in [0.2, 0.25) is 0 Å². The molecule has 1 atom stereocenters. The van der Waals surface area contributed by atoms with Crippen LogP contribution in [0.5, 0.6) is 0 Å². The Kier molecular flexibility index (Phi) is 6.16. The second-order valence-corrected chi connectivity index (χ2v) is 2.91. The molecule has 0 fully saturated rings. The number of nitrogens with one attached hydrogen (secondary N) is 2. The van der Waals surface area contributed by atoms with E-state index < -0.39 is 0 Å². The SMILES string of the molecule is CCC(C)CONC(=S)NC. The third-order valence-corrected chi connectivity index (χ3v) is 1.74. The average molecular weight is 176 g/mol. The quantitative estimate of drug-likeness (QED) is 0.495. The van der Waals surface area contributed by atoms with Gasteiger partial charge in [-0.1, -0.05) is 20.3 Å². The van der Waals surface area contributed by atoms with Gasteiger partial charge in [-0.05, 0) is 18.1 Å². The summed E-state index contributed by atoms with van der Waals surface area (Å²) in [7, 11) is 1.75. The molecule has 2 N–H and O–H groups in total. The van der Waals surface area contributed by atoms with Crippen molar-refractivity contribution in [1.29, 1.82) is 0 Å². The zero-order chi connectivity index (χ0) is 8.69. The zero-order valence-corrected chi connectivity index (χ0v) is 8.12. The first-order chi connectivity index (χ1) is 5.20. The Morgan fingerprint density at radius 1 is 1.64 bits per heavy atom. The first kappa shape index (κ1) is 10.7. The maximum absolute atomic E-state index is 5.09. The van der Waals surface area contributed by atoms with Crippen LogP contribution in [0.4, 0.5) is 0 Å². The molecule has 0 saturated heterocycles. The molecule has 0 aliphatic heterocycles. The minimum Gasteiger partial charge on any atom is -0.364 e. The summed E-state index contributed by atoms with van der Waals surface area (Å²) in [5.41, 5.74) is 2.62. The highest BCUT2D eigenvalue weighted by atomic mass is 32.1. The largest absolute Gasteiger partial charge is 0.364 e. The second kappa shape index (κ2) is 6.37. The average Bonchev–Trinajstić information content (AvgIpc) is 2.04. The highest BCUT2D eigenvalue weighted by Crippen LogP contribution is 1.98. The summed E-state index contributed by atoms with van der Waals surface area (Å²) in [6.45, 7) is 4.95. The number of rotatable bonds is 4. The molecule has 0 aliphatic rings. The van der Waals surface area contributed by atoms with Crippen molar-refractivity contribution in [2.45, 2.75) is 20.3 Å². The van der Waals surface area contributed by atoms with Crippen molar-refractivity contribution in [3.05, 3.63) is 0 Å². The standard InChI is InChI=1S/C7H16N2OS/c1-4-6(2)5-10-9-7(11)8-3/h6H,4-5H2,1-3H3,(H2,8,9,11). The van der Waals surface area contributed by atoms with Crippen LogP contribution in [0.15, 0.2) is 0 Å². The Bertz CT molecular complexity index is 119. The predicted molar refractivity (Wildman–Crippen MR) is 50.2 cm³/mol. The van der Waals surface area contributed by atoms with Gasteiger partial charge in [0.15, 0.2) is 5.11 Å². The van der Waals surface area contributed by atoms with Gasteiger partial charge in [-0.15, -0.1) is 0 Å². The Morgan fingerprint density at radius 2 is 2.27 bits per heavy atom. The van der Waals surface area contributed by atoms with Crippen molar-refractivity contribution in [2.24, 2.45) is 5.92 Å². The molecule has 0 spiro atoms. The molecule has 0 aromatic heterocycles. The van der Waals surface area contributed by atoms with E-state index in [0.29, 0.717) is 17.6 Å². The van der Waals surface area contributed by atoms with E-state index in [1.165, 1.54) is 0 Å². The molecular formula is C7H16N2OS. The summed E-state index contributed by atoms with van der Waals surface area (Å²) in [6, 6.07) is 0. The van der Waals surface area contributed by atoms with Gasteiger partial charge in [0, 0.05) is 7.05 Å². The van der Waals surface area contributed by atoms with Gasteiger partial charge in [-0.2, -0.15) is 0 Å². The van der Waals surface area contributed by atoms with Crippen LogP contribution in [0, 0.1) is 5.92 Å². The Balaban J connectivity index is 3.20. The van der Waals surface area contributed by atoms with E-state index in [1.54, 1.807) is 7.05 Å². The van der Waals surface area contributed by atoms with Crippen LogP contribution < -0.4 is 10.8 Å². The van der Waals surface area contributed by atoms with Crippen molar-refractivity contribution in [3.8, 4) is 0 Å². The van der Waals surface area contributed by atoms with Gasteiger partial charge in [-0.3, -0.25) is 4.84 Å². The first-order valence-corrected chi connectivity index (χ1v) is 4.21. The minimum absolute atomic E-state index is 0.522. The van der Waals surface area contributed by atoms with Gasteiger partial charge >= 0.3 is 0 Å². The molecule has 4 heteroatoms. The van der Waals surface area contributed by atoms with Gasteiger partial charge in [0.25, 0.3) is 0 Å². The third kappa shape index (κ3) is 6.06. The lowest BCUT2D eigenvalue weighted by Gasteiger charge is -2.10. The van der Waals surface area contributed by atoms with E-state index in [0.717, 1.165) is 6.42 Å². The van der Waals surface area contributed by atoms with Gasteiger partial charge in [0.05, 0.1) is 6.61 Å². The molecule has 1 unspecified atom stereocenters. The molecule has 0 aromatic rings. The molecule has 0 rings (SSSR count). The number of thiocarbonyl (C=S) groups is 1. The number of hydrogen-bond donors (Lipinski definition) is 2. The molecule has 0 heterocycles. The Labute approximate surface area is 73.5 Å². The van der Waals surface area contributed by atoms with Crippen LogP contribution in [0.1, 0.15) is 20.3 Å². The van der Waals surface area contributed by atoms with E-state index in [4.69, 9.17) is 17.1 Å². The van der Waals surface area contributed by atoms with Gasteiger partial charge < -0.3 is 5.32 Å². The van der Waals surface area contributed by atoms with E-state index in [9.17, 15) is 0 Å². The topological polar surface area (TPSA) is 33.3 Å². The summed E-state index contributed by atoms with van der Waals surface area (Å²) in [5.74, 6) is 0.571. The van der Waals surface area contributed by atoms with Crippen molar-refractivity contribution in [1.82, 2.24) is 10.8 Å². The summed E-state index contributed by atoms with van der Waals surface area (Å²) >= 11 is 4.80. The maximum Gasteiger partial charge on any atom is 0.190 e. The van der Waals surface area contributed by atoms with Crippen molar-refractivity contribution in [3.63, 3.8) is 0 Å². The summed E-state index contributed by atoms with van der Waals surface area (Å²) in [6.07, 6.45) is 1.12. The highest BCUT2D eigenvalue weighted by Gasteiger charge is 1.98. The van der Waals surface area contributed by atoms with Crippen LogP contribution in [-0.2, 0) is 4.84 Å². The molecule has 66 valence electrons. The van der Waals surface area contributed by atoms with Crippen molar-refractivity contribution >= 4 is 17.3 Å². The highest BCUT2D eigenvalue weighted by molar-refractivity contribution is 7.80. The summed E-state index contributed by atoms with van der Waals surface area (Å²) in [5, 5.41) is 3.27. The summed E-state index contributed by atoms with van der Waals surface area (Å²) < 4.78 is 0. The van der Waals surface area contributed by atoms with Gasteiger partial charge in [0.1, 0.15) is 0 Å². The molecule has 0 bridgehead atoms. The first-order valence-electron chi connectivity index (χ1n) is 3.80. The fourth-order valence-corrected chi connectivity index (χ4v) is 0.477. The zero-order valence-electron chi connectivity index (χ0n) is 7.31. The van der Waals surface area contributed by atoms with E-state index in [2.05, 4.69) is 24.6 Å². The minimum atomic E-state index is 0.522. The fourth-order valence-electron chi connectivity index (χ4n) is 0.418. The Hall–Kier alpha value is -0.350. The lowest BCUT2D eigenvalue weighted by Crippen LogP contribution is -2.33. The van der Waals surface area contributed by atoms with Crippen molar-refractivity contribution < 1.29 is 4.84 Å². The molecule has 0 aliphatic carbocycles. The molecule has 0 aromatic carbocycles. The lowest BCUT2D eigenvalue weighted by atomic mass is 10.1. The van der Waals surface area contributed by atoms with Crippen LogP contribution >= 0.6 is 12.2 Å². The molecule has 0 amide bonds. The van der Waals surface area contributed by atoms with Crippen molar-refractivity contribution in [2.75, 3.05) is 13.7 Å². The molecule has 3 nitrogen and oxygen atoms in total. The molecule has 11 heavy (non-hydrogen) atoms. The van der Waals surface area contributed by atoms with E-state index in [1.807, 2.05) is 0 Å². The number of hydroxylamine groups is 1. The lowest BCUT2D eigenvalue weighted by molar-refractivity contribution is 0.0587. The smallest absolute Gasteiger partial charge is 0.190 e. The van der Waals surface area contributed by atoms with Gasteiger partial charge in [-0.25, -0.2) is 5.48 Å². The molecule has 0 saturated carbocycles. The molecule has 0 radical (unpaired) electrons. The van der Waals surface area contributed by atoms with Crippen LogP contribution in [-0.4, -0.2) is 18.8 Å². The Morgan fingerprint density at radius 3 is 2.73 bits per heavy atom. The van der Waals surface area contributed by atoms with Crippen LogP contribution in [0.25, 0.3) is 0 Å². The summed E-state index contributed by atoms with van der Waals surface area (Å²) in [4.78, 5) is 5.09.